The summed E-state index contributed by atoms with van der Waals surface area (Å²) in [5.74, 6) is -1.63. The molecule has 13 heteroatoms. The van der Waals surface area contributed by atoms with Gasteiger partial charge in [-0.05, 0) is 99.9 Å². The molecule has 2 amide bonds. The number of piperidine rings is 2. The van der Waals surface area contributed by atoms with Gasteiger partial charge in [0, 0.05) is 57.3 Å². The molecule has 2 N–H and O–H groups in total. The second kappa shape index (κ2) is 20.2. The molecule has 0 saturated carbocycles. The van der Waals surface area contributed by atoms with Crippen molar-refractivity contribution in [3.63, 3.8) is 0 Å². The molecule has 0 aromatic heterocycles. The van der Waals surface area contributed by atoms with E-state index in [4.69, 9.17) is 32.7 Å². The molecule has 308 valence electrons. The Balaban J connectivity index is 1.42. The number of carbonyl (C=O) groups excluding carboxylic acids is 2. The molecule has 59 heavy (non-hydrogen) atoms. The lowest BCUT2D eigenvalue weighted by Crippen LogP contribution is -2.47. The van der Waals surface area contributed by atoms with Crippen LogP contribution in [-0.4, -0.2) is 82.2 Å². The highest BCUT2D eigenvalue weighted by Crippen LogP contribution is 2.48. The summed E-state index contributed by atoms with van der Waals surface area (Å²) >= 11 is 16.1. The average molecular weight is 858 g/mol. The summed E-state index contributed by atoms with van der Waals surface area (Å²) in [5, 5.41) is 20.3. The molecule has 0 spiro atoms. The van der Waals surface area contributed by atoms with E-state index in [0.717, 1.165) is 25.7 Å². The van der Waals surface area contributed by atoms with Crippen LogP contribution in [0.3, 0.4) is 0 Å². The van der Waals surface area contributed by atoms with Crippen molar-refractivity contribution in [1.82, 2.24) is 9.80 Å². The number of aliphatic carboxylic acids is 2. The largest absolute Gasteiger partial charge is 0.493 e. The van der Waals surface area contributed by atoms with Gasteiger partial charge >= 0.3 is 11.9 Å². The average Bonchev–Trinajstić information content (AvgIpc) is 3.24. The molecule has 2 atom stereocenters. The summed E-state index contributed by atoms with van der Waals surface area (Å²) in [5.41, 5.74) is 3.90. The number of benzene rings is 4. The lowest BCUT2D eigenvalue weighted by molar-refractivity contribution is -0.150. The molecular weight excluding hydrogens is 811 g/mol. The van der Waals surface area contributed by atoms with Gasteiger partial charge in [-0.1, -0.05) is 83.5 Å². The van der Waals surface area contributed by atoms with Crippen LogP contribution in [0.5, 0.6) is 11.5 Å². The van der Waals surface area contributed by atoms with Crippen molar-refractivity contribution in [1.29, 1.82) is 0 Å². The highest BCUT2D eigenvalue weighted by molar-refractivity contribution is 7.99. The minimum atomic E-state index is -1.02. The van der Waals surface area contributed by atoms with Crippen LogP contribution in [0.1, 0.15) is 63.5 Å². The number of carboxylic acids is 2. The van der Waals surface area contributed by atoms with Crippen molar-refractivity contribution in [3.05, 3.63) is 106 Å². The van der Waals surface area contributed by atoms with Crippen molar-refractivity contribution in [2.45, 2.75) is 74.2 Å². The number of rotatable bonds is 14. The smallest absolute Gasteiger partial charge is 0.326 e. The molecule has 0 radical (unpaired) electrons. The van der Waals surface area contributed by atoms with Crippen LogP contribution < -0.4 is 9.47 Å². The molecule has 0 bridgehead atoms. The maximum absolute atomic E-state index is 13.4. The standard InChI is InChI=1S/C46H46Cl2N2O8S/c1-3-57-35-17-7-5-13-31(35)41-29(21-25-39(51)49-27-11-9-15-33(49)45(53)54)19-23-37(43(41)47)59-38-24-20-30(22-26-40(52)50-28-12-10-16-34(50)46(55)56)42(44(38)48)32-14-6-8-18-36(32)58-4-2/h5-8,13-14,17-26,33-34H,3-4,9-12,15-16,27-28H2,1-2H3,(H,53,54)(H,55,56)/b25-21+,26-22+. The maximum Gasteiger partial charge on any atom is 0.326 e. The van der Waals surface area contributed by atoms with E-state index < -0.39 is 35.8 Å². The summed E-state index contributed by atoms with van der Waals surface area (Å²) in [6.07, 6.45) is 9.89. The van der Waals surface area contributed by atoms with Crippen LogP contribution in [0.25, 0.3) is 34.4 Å². The first kappa shape index (κ1) is 43.4. The lowest BCUT2D eigenvalue weighted by Gasteiger charge is -2.32. The number of likely N-dealkylation sites (tertiary alicyclic amines) is 2. The van der Waals surface area contributed by atoms with Crippen LogP contribution in [0.2, 0.25) is 10.0 Å². The van der Waals surface area contributed by atoms with Crippen molar-refractivity contribution in [2.24, 2.45) is 0 Å². The minimum Gasteiger partial charge on any atom is -0.493 e. The van der Waals surface area contributed by atoms with Gasteiger partial charge in [-0.3, -0.25) is 9.59 Å². The third-order valence-electron chi connectivity index (χ3n) is 10.4. The molecule has 4 aromatic rings. The molecule has 6 rings (SSSR count). The molecule has 0 aliphatic carbocycles. The number of hydrogen-bond donors (Lipinski definition) is 2. The quantitative estimate of drug-likeness (QED) is 0.119. The number of nitrogens with zero attached hydrogens (tertiary/aromatic N) is 2. The lowest BCUT2D eigenvalue weighted by atomic mass is 9.97. The minimum absolute atomic E-state index is 0.364. The number of halogens is 2. The Hall–Kier alpha value is -5.23. The van der Waals surface area contributed by atoms with E-state index >= 15 is 0 Å². The van der Waals surface area contributed by atoms with E-state index in [1.165, 1.54) is 33.7 Å². The summed E-state index contributed by atoms with van der Waals surface area (Å²) in [6.45, 7) is 5.32. The first-order valence-electron chi connectivity index (χ1n) is 19.7. The number of ether oxygens (including phenoxy) is 2. The van der Waals surface area contributed by atoms with Crippen LogP contribution >= 0.6 is 35.0 Å². The Labute approximate surface area is 358 Å². The zero-order chi connectivity index (χ0) is 42.1. The van der Waals surface area contributed by atoms with E-state index in [2.05, 4.69) is 0 Å². The van der Waals surface area contributed by atoms with Crippen molar-refractivity contribution in [2.75, 3.05) is 26.3 Å². The molecule has 2 aliphatic rings. The fourth-order valence-corrected chi connectivity index (χ4v) is 9.24. The van der Waals surface area contributed by atoms with E-state index in [9.17, 15) is 29.4 Å². The number of carboxylic acid groups (broad SMARTS) is 2. The summed E-state index contributed by atoms with van der Waals surface area (Å²) < 4.78 is 12.0. The van der Waals surface area contributed by atoms with Crippen LogP contribution in [0.15, 0.2) is 94.7 Å². The second-order valence-electron chi connectivity index (χ2n) is 14.1. The van der Waals surface area contributed by atoms with Gasteiger partial charge in [0.05, 0.1) is 23.3 Å². The Bertz CT molecular complexity index is 2120. The molecule has 2 saturated heterocycles. The third kappa shape index (κ3) is 9.98. The molecule has 2 unspecified atom stereocenters. The Morgan fingerprint density at radius 1 is 0.644 bits per heavy atom. The van der Waals surface area contributed by atoms with E-state index in [1.807, 2.05) is 86.6 Å². The van der Waals surface area contributed by atoms with Gasteiger partial charge in [0.1, 0.15) is 23.6 Å². The Kier molecular flexibility index (Phi) is 14.8. The van der Waals surface area contributed by atoms with Crippen LogP contribution in [0, 0.1) is 0 Å². The summed E-state index contributed by atoms with van der Waals surface area (Å²) in [4.78, 5) is 54.9. The van der Waals surface area contributed by atoms with Gasteiger partial charge in [-0.25, -0.2) is 9.59 Å². The normalized spacial score (nSPS) is 17.0. The van der Waals surface area contributed by atoms with Crippen molar-refractivity contribution < 1.29 is 38.9 Å². The molecular formula is C46H46Cl2N2O8S. The molecule has 4 aromatic carbocycles. The van der Waals surface area contributed by atoms with E-state index in [1.54, 1.807) is 12.2 Å². The number of carbonyl (C=O) groups is 4. The monoisotopic (exact) mass is 856 g/mol. The fraction of sp³-hybridized carbons (Fsp3) is 0.304. The fourth-order valence-electron chi connectivity index (χ4n) is 7.57. The SMILES string of the molecule is CCOc1ccccc1-c1c(/C=C/C(=O)N2CCCCC2C(=O)O)ccc(Sc2ccc(/C=C/C(=O)N3CCCCC3C(=O)O)c(-c3ccccc3OCC)c2Cl)c1Cl. The molecule has 2 aliphatic heterocycles. The van der Waals surface area contributed by atoms with Crippen LogP contribution in [-0.2, 0) is 19.2 Å². The van der Waals surface area contributed by atoms with Gasteiger partial charge in [0.15, 0.2) is 0 Å². The summed E-state index contributed by atoms with van der Waals surface area (Å²) in [6, 6.07) is 20.6. The van der Waals surface area contributed by atoms with Crippen molar-refractivity contribution >= 4 is 70.9 Å². The highest BCUT2D eigenvalue weighted by Gasteiger charge is 2.32. The number of hydrogen-bond acceptors (Lipinski definition) is 7. The Morgan fingerprint density at radius 3 is 1.44 bits per heavy atom. The Morgan fingerprint density at radius 2 is 1.05 bits per heavy atom. The molecule has 2 heterocycles. The second-order valence-corrected chi connectivity index (χ2v) is 15.9. The van der Waals surface area contributed by atoms with Gasteiger partial charge in [-0.15, -0.1) is 0 Å². The zero-order valence-electron chi connectivity index (χ0n) is 32.9. The van der Waals surface area contributed by atoms with E-state index in [-0.39, 0.29) is 0 Å². The van der Waals surface area contributed by atoms with Gasteiger partial charge in [-0.2, -0.15) is 0 Å². The van der Waals surface area contributed by atoms with E-state index in [0.29, 0.717) is 104 Å². The predicted molar refractivity (Wildman–Crippen MR) is 232 cm³/mol. The maximum atomic E-state index is 13.4. The first-order chi connectivity index (χ1) is 28.5. The summed E-state index contributed by atoms with van der Waals surface area (Å²) in [7, 11) is 0. The highest BCUT2D eigenvalue weighted by atomic mass is 35.5. The van der Waals surface area contributed by atoms with Crippen molar-refractivity contribution in [3.8, 4) is 33.8 Å². The topological polar surface area (TPSA) is 134 Å². The van der Waals surface area contributed by atoms with Gasteiger partial charge in [0.2, 0.25) is 11.8 Å². The van der Waals surface area contributed by atoms with Gasteiger partial charge in [0.25, 0.3) is 0 Å². The third-order valence-corrected chi connectivity index (χ3v) is 12.5. The first-order valence-corrected chi connectivity index (χ1v) is 21.3. The molecule has 2 fully saturated rings. The van der Waals surface area contributed by atoms with Crippen LogP contribution in [0.4, 0.5) is 0 Å². The number of para-hydroxylation sites is 2. The molecule has 10 nitrogen and oxygen atoms in total. The van der Waals surface area contributed by atoms with Gasteiger partial charge < -0.3 is 29.5 Å². The predicted octanol–water partition coefficient (Wildman–Crippen LogP) is 10.2. The zero-order valence-corrected chi connectivity index (χ0v) is 35.2. The number of amides is 2.